The van der Waals surface area contributed by atoms with Crippen molar-refractivity contribution in [2.24, 2.45) is 10.8 Å². The van der Waals surface area contributed by atoms with Gasteiger partial charge in [-0.2, -0.15) is 0 Å². The van der Waals surface area contributed by atoms with Crippen molar-refractivity contribution in [2.45, 2.75) is 111 Å². The first-order valence-corrected chi connectivity index (χ1v) is 12.9. The van der Waals surface area contributed by atoms with Crippen molar-refractivity contribution in [1.29, 1.82) is 0 Å². The van der Waals surface area contributed by atoms with E-state index in [0.29, 0.717) is 52.1 Å². The maximum Gasteiger partial charge on any atom is 0.312 e. The zero-order chi connectivity index (χ0) is 24.4. The molecule has 0 unspecified atom stereocenters. The van der Waals surface area contributed by atoms with Gasteiger partial charge in [0.2, 0.25) is 0 Å². The predicted octanol–water partition coefficient (Wildman–Crippen LogP) is 5.13. The van der Waals surface area contributed by atoms with Crippen LogP contribution in [0.15, 0.2) is 0 Å². The van der Waals surface area contributed by atoms with Gasteiger partial charge >= 0.3 is 11.9 Å². The average Bonchev–Trinajstić information content (AvgIpc) is 3.27. The molecule has 7 nitrogen and oxygen atoms in total. The van der Waals surface area contributed by atoms with Crippen LogP contribution in [0.4, 0.5) is 0 Å². The van der Waals surface area contributed by atoms with E-state index in [4.69, 9.17) is 18.9 Å². The zero-order valence-corrected chi connectivity index (χ0v) is 21.2. The monoisotopic (exact) mass is 468 g/mol. The van der Waals surface area contributed by atoms with E-state index in [-0.39, 0.29) is 28.6 Å². The molecule has 1 aliphatic heterocycles. The maximum atomic E-state index is 12.2. The topological polar surface area (TPSA) is 88.1 Å². The van der Waals surface area contributed by atoms with E-state index >= 15 is 0 Å². The molecule has 0 aromatic heterocycles. The molecule has 0 radical (unpaired) electrons. The van der Waals surface area contributed by atoms with Gasteiger partial charge < -0.3 is 18.9 Å². The molecule has 1 saturated heterocycles. The summed E-state index contributed by atoms with van der Waals surface area (Å²) < 4.78 is 21.8. The van der Waals surface area contributed by atoms with Crippen molar-refractivity contribution < 1.29 is 33.3 Å². The number of ketones is 1. The van der Waals surface area contributed by atoms with E-state index in [1.165, 1.54) is 0 Å². The Balaban J connectivity index is 0.000000238. The standard InChI is InChI=1S/C14H24O4.C12H20O3/c1-3-5-13(12(15)16-4-2)6-8-14(9-7-13)17-10-11-18-14;1-3-7-12(11(14)15-4-2)8-5-10(13)6-9-12/h3-11H2,1-2H3;3-9H2,1-2H3. The molecule has 2 aliphatic carbocycles. The van der Waals surface area contributed by atoms with Gasteiger partial charge in [-0.3, -0.25) is 14.4 Å². The lowest BCUT2D eigenvalue weighted by Gasteiger charge is -2.41. The Bertz CT molecular complexity index is 631. The van der Waals surface area contributed by atoms with Crippen LogP contribution in [-0.2, 0) is 33.3 Å². The third-order valence-electron chi connectivity index (χ3n) is 7.42. The SMILES string of the molecule is CCCC1(C(=O)OCC)CCC(=O)CC1.CCCC1(C(=O)OCC)CCC2(CC1)OCCO2. The van der Waals surface area contributed by atoms with Gasteiger partial charge in [0.05, 0.1) is 37.3 Å². The summed E-state index contributed by atoms with van der Waals surface area (Å²) in [6, 6.07) is 0. The summed E-state index contributed by atoms with van der Waals surface area (Å²) in [7, 11) is 0. The predicted molar refractivity (Wildman–Crippen MR) is 125 cm³/mol. The summed E-state index contributed by atoms with van der Waals surface area (Å²) in [5.74, 6) is -0.242. The second-order valence-electron chi connectivity index (χ2n) is 9.65. The van der Waals surface area contributed by atoms with Crippen molar-refractivity contribution in [2.75, 3.05) is 26.4 Å². The van der Waals surface area contributed by atoms with Gasteiger partial charge in [0.1, 0.15) is 5.78 Å². The maximum absolute atomic E-state index is 12.2. The molecule has 3 rings (SSSR count). The Hall–Kier alpha value is -1.47. The molecule has 0 atom stereocenters. The molecule has 33 heavy (non-hydrogen) atoms. The zero-order valence-electron chi connectivity index (χ0n) is 21.2. The first kappa shape index (κ1) is 27.8. The molecule has 0 bridgehead atoms. The summed E-state index contributed by atoms with van der Waals surface area (Å²) in [5, 5.41) is 0. The highest BCUT2D eigenvalue weighted by Crippen LogP contribution is 2.48. The molecule has 0 N–H and O–H groups in total. The Morgan fingerprint density at radius 2 is 1.15 bits per heavy atom. The van der Waals surface area contributed by atoms with Crippen molar-refractivity contribution in [3.63, 3.8) is 0 Å². The first-order valence-electron chi connectivity index (χ1n) is 12.9. The lowest BCUT2D eigenvalue weighted by atomic mass is 9.69. The van der Waals surface area contributed by atoms with Crippen molar-refractivity contribution in [1.82, 2.24) is 0 Å². The highest BCUT2D eigenvalue weighted by Gasteiger charge is 2.50. The van der Waals surface area contributed by atoms with Gasteiger partial charge in [-0.25, -0.2) is 0 Å². The summed E-state index contributed by atoms with van der Waals surface area (Å²) in [5.41, 5.74) is -0.663. The number of hydrogen-bond donors (Lipinski definition) is 0. The number of ether oxygens (including phenoxy) is 4. The van der Waals surface area contributed by atoms with Crippen molar-refractivity contribution >= 4 is 17.7 Å². The molecule has 190 valence electrons. The minimum Gasteiger partial charge on any atom is -0.466 e. The third kappa shape index (κ3) is 7.01. The van der Waals surface area contributed by atoms with Crippen LogP contribution in [-0.4, -0.2) is 49.9 Å². The Kier molecular flexibility index (Phi) is 10.8. The van der Waals surface area contributed by atoms with Crippen LogP contribution in [0.3, 0.4) is 0 Å². The van der Waals surface area contributed by atoms with E-state index in [0.717, 1.165) is 51.4 Å². The molecule has 2 saturated carbocycles. The van der Waals surface area contributed by atoms with Crippen LogP contribution in [0.2, 0.25) is 0 Å². The number of carbonyl (C=O) groups excluding carboxylic acids is 3. The van der Waals surface area contributed by atoms with E-state index in [9.17, 15) is 14.4 Å². The van der Waals surface area contributed by atoms with Gasteiger partial charge in [0.25, 0.3) is 0 Å². The van der Waals surface area contributed by atoms with Gasteiger partial charge in [0, 0.05) is 25.7 Å². The minimum absolute atomic E-state index is 0.0281. The molecule has 1 heterocycles. The summed E-state index contributed by atoms with van der Waals surface area (Å²) >= 11 is 0. The third-order valence-corrected chi connectivity index (χ3v) is 7.42. The van der Waals surface area contributed by atoms with Crippen LogP contribution >= 0.6 is 0 Å². The molecular formula is C26H44O7. The molecule has 0 aromatic carbocycles. The molecular weight excluding hydrogens is 424 g/mol. The van der Waals surface area contributed by atoms with Crippen molar-refractivity contribution in [3.05, 3.63) is 0 Å². The van der Waals surface area contributed by atoms with Crippen LogP contribution < -0.4 is 0 Å². The molecule has 0 aromatic rings. The van der Waals surface area contributed by atoms with Crippen molar-refractivity contribution in [3.8, 4) is 0 Å². The normalized spacial score (nSPS) is 22.8. The smallest absolute Gasteiger partial charge is 0.312 e. The van der Waals surface area contributed by atoms with Gasteiger partial charge in [-0.1, -0.05) is 26.7 Å². The largest absolute Gasteiger partial charge is 0.466 e. The van der Waals surface area contributed by atoms with Gasteiger partial charge in [0.15, 0.2) is 5.79 Å². The second kappa shape index (κ2) is 12.8. The average molecular weight is 469 g/mol. The number of esters is 2. The highest BCUT2D eigenvalue weighted by molar-refractivity contribution is 5.84. The van der Waals surface area contributed by atoms with Gasteiger partial charge in [-0.15, -0.1) is 0 Å². The van der Waals surface area contributed by atoms with Gasteiger partial charge in [-0.05, 0) is 52.4 Å². The summed E-state index contributed by atoms with van der Waals surface area (Å²) in [4.78, 5) is 35.3. The Morgan fingerprint density at radius 3 is 1.55 bits per heavy atom. The van der Waals surface area contributed by atoms with E-state index < -0.39 is 5.79 Å². The molecule has 3 aliphatic rings. The molecule has 0 amide bonds. The van der Waals surface area contributed by atoms with Crippen LogP contribution in [0, 0.1) is 10.8 Å². The summed E-state index contributed by atoms with van der Waals surface area (Å²) in [6.45, 7) is 10.1. The molecule has 3 fully saturated rings. The quantitative estimate of drug-likeness (QED) is 0.456. The number of hydrogen-bond acceptors (Lipinski definition) is 7. The van der Waals surface area contributed by atoms with E-state index in [1.54, 1.807) is 0 Å². The first-order chi connectivity index (χ1) is 15.8. The molecule has 1 spiro atoms. The Labute approximate surface area is 199 Å². The van der Waals surface area contributed by atoms with E-state index in [2.05, 4.69) is 13.8 Å². The number of rotatable bonds is 8. The second-order valence-corrected chi connectivity index (χ2v) is 9.65. The number of carbonyl (C=O) groups is 3. The Morgan fingerprint density at radius 1 is 0.727 bits per heavy atom. The molecule has 7 heteroatoms. The van der Waals surface area contributed by atoms with E-state index in [1.807, 2.05) is 13.8 Å². The highest BCUT2D eigenvalue weighted by atomic mass is 16.7. The number of Topliss-reactive ketones (excluding diaryl/α,β-unsaturated/α-hetero) is 1. The fourth-order valence-corrected chi connectivity index (χ4v) is 5.54. The van der Waals surface area contributed by atoms with Crippen LogP contribution in [0.1, 0.15) is 105 Å². The lowest BCUT2D eigenvalue weighted by Crippen LogP contribution is -2.44. The minimum atomic E-state index is -0.399. The van der Waals surface area contributed by atoms with Crippen LogP contribution in [0.5, 0.6) is 0 Å². The fraction of sp³-hybridized carbons (Fsp3) is 0.885. The lowest BCUT2D eigenvalue weighted by molar-refractivity contribution is -0.200. The summed E-state index contributed by atoms with van der Waals surface area (Å²) in [6.07, 6.45) is 9.42. The van der Waals surface area contributed by atoms with Crippen LogP contribution in [0.25, 0.3) is 0 Å². The fourth-order valence-electron chi connectivity index (χ4n) is 5.54.